The van der Waals surface area contributed by atoms with Crippen molar-refractivity contribution in [2.45, 2.75) is 0 Å². The largest absolute Gasteiger partial charge is 4.00 e. The Bertz CT molecular complexity index is 34.2. The zero-order valence-electron chi connectivity index (χ0n) is 3.70. The van der Waals surface area contributed by atoms with Crippen LogP contribution in [0.2, 0.25) is 0 Å². The molecule has 0 aliphatic heterocycles. The van der Waals surface area contributed by atoms with Crippen molar-refractivity contribution in [2.24, 2.45) is 0 Å². The third-order valence-electron chi connectivity index (χ3n) is 0. The Balaban J connectivity index is -0.0000000750. The fourth-order valence-corrected chi connectivity index (χ4v) is 0. The second kappa shape index (κ2) is 7.07. The molecular weight excluding hydrogens is 148 g/mol. The van der Waals surface area contributed by atoms with Crippen molar-refractivity contribution in [3.05, 3.63) is 7.43 Å². The van der Waals surface area contributed by atoms with Gasteiger partial charge in [-0.2, -0.15) is 0 Å². The molecule has 0 unspecified atom stereocenters. The quantitative estimate of drug-likeness (QED) is 0.277. The second-order valence-electron chi connectivity index (χ2n) is 0.600. The molecule has 0 radical (unpaired) electrons. The summed E-state index contributed by atoms with van der Waals surface area (Å²) in [6.45, 7) is 0. The molecule has 0 saturated carbocycles. The van der Waals surface area contributed by atoms with Gasteiger partial charge in [0.05, 0.1) is 0 Å². The third kappa shape index (κ3) is 28700. The first-order chi connectivity index (χ1) is 3.00. The predicted octanol–water partition coefficient (Wildman–Crippen LogP) is -3.03. The van der Waals surface area contributed by atoms with Crippen molar-refractivity contribution in [3.8, 4) is 0 Å². The van der Waals surface area contributed by atoms with E-state index in [1.807, 2.05) is 0 Å². The van der Waals surface area contributed by atoms with E-state index in [9.17, 15) is 0 Å². The average Bonchev–Trinajstić information content (AvgIpc) is 1.36. The molecule has 0 bridgehead atoms. The molecule has 0 aliphatic rings. The smallest absolute Gasteiger partial charge is 0.368 e. The van der Waals surface area contributed by atoms with E-state index in [0.717, 1.165) is 0 Å². The third-order valence-corrected chi connectivity index (χ3v) is 0. The predicted molar refractivity (Wildman–Crippen MR) is 24.3 cm³/mol. The van der Waals surface area contributed by atoms with E-state index in [-0.39, 0.29) is 7.43 Å². The fourth-order valence-electron chi connectivity index (χ4n) is 0. The maximum atomic E-state index is 8.06. The van der Waals surface area contributed by atoms with Crippen LogP contribution in [0.1, 0.15) is 0 Å². The molecule has 0 aromatic heterocycles. The summed E-state index contributed by atoms with van der Waals surface area (Å²) in [5, 5.41) is 0. The van der Waals surface area contributed by atoms with Crippen molar-refractivity contribution in [3.63, 3.8) is 0 Å². The van der Waals surface area contributed by atoms with Crippen molar-refractivity contribution in [2.75, 3.05) is 0 Å². The molecule has 8 heavy (non-hydrogen) atoms. The molecule has 0 heterocycles. The van der Waals surface area contributed by atoms with Gasteiger partial charge in [0.2, 0.25) is 0 Å². The molecule has 4 N–H and O–H groups in total. The summed E-state index contributed by atoms with van der Waals surface area (Å²) in [6, 6.07) is 0. The van der Waals surface area contributed by atoms with Crippen molar-refractivity contribution in [1.29, 1.82) is 0 Å². The van der Waals surface area contributed by atoms with Gasteiger partial charge in [-0.15, -0.1) is 0 Å². The standard InChI is InChI=1S/C.H4O4Si.OSi/c;1-5(2,3)4;1-2/h;1-4H;/q+4;;+2. The summed E-state index contributed by atoms with van der Waals surface area (Å²) in [5.74, 6) is 0. The number of rotatable bonds is 0. The maximum absolute atomic E-state index is 8.06. The van der Waals surface area contributed by atoms with Crippen LogP contribution in [0.25, 0.3) is 0 Å². The van der Waals surface area contributed by atoms with Gasteiger partial charge in [-0.05, 0) is 0 Å². The molecule has 0 rings (SSSR count). The van der Waals surface area contributed by atoms with Crippen LogP contribution in [0.4, 0.5) is 0 Å². The van der Waals surface area contributed by atoms with E-state index >= 15 is 0 Å². The summed E-state index contributed by atoms with van der Waals surface area (Å²) in [6.07, 6.45) is 0. The molecule has 0 aliphatic carbocycles. The molecule has 0 fully saturated rings. The Hall–Kier alpha value is 0.0738. The summed E-state index contributed by atoms with van der Waals surface area (Å²) in [5.41, 5.74) is 0. The molecule has 5 nitrogen and oxygen atoms in total. The Labute approximate surface area is 51.2 Å². The van der Waals surface area contributed by atoms with Crippen molar-refractivity contribution < 1.29 is 23.6 Å². The van der Waals surface area contributed by atoms with Crippen LogP contribution < -0.4 is 0 Å². The average molecular weight is 152 g/mol. The monoisotopic (exact) mass is 152 g/mol. The van der Waals surface area contributed by atoms with Crippen LogP contribution in [0, 0.1) is 7.43 Å². The van der Waals surface area contributed by atoms with Crippen LogP contribution in [0.3, 0.4) is 0 Å². The minimum atomic E-state index is -4.61. The molecule has 0 saturated heterocycles. The van der Waals surface area contributed by atoms with Crippen LogP contribution in [0.5, 0.6) is 0 Å². The van der Waals surface area contributed by atoms with Gasteiger partial charge in [-0.3, -0.25) is 0 Å². The summed E-state index contributed by atoms with van der Waals surface area (Å²) < 4.78 is 8.06. The SMILES string of the molecule is O=[Si+2].O[Si](O)(O)O.[C+4]. The van der Waals surface area contributed by atoms with Crippen LogP contribution in [-0.4, -0.2) is 38.4 Å². The van der Waals surface area contributed by atoms with Gasteiger partial charge in [-0.1, -0.05) is 0 Å². The van der Waals surface area contributed by atoms with Crippen LogP contribution in [0.15, 0.2) is 0 Å². The van der Waals surface area contributed by atoms with Gasteiger partial charge in [0.25, 0.3) is 0 Å². The Kier molecular flexibility index (Phi) is 13.9. The molecule has 0 atom stereocenters. The normalized spacial score (nSPS) is 8.25. The second-order valence-corrected chi connectivity index (χ2v) is 1.80. The van der Waals surface area contributed by atoms with E-state index < -0.39 is 9.05 Å². The topological polar surface area (TPSA) is 98.0 Å². The first kappa shape index (κ1) is 15.7. The van der Waals surface area contributed by atoms with E-state index in [1.54, 1.807) is 10.1 Å². The van der Waals surface area contributed by atoms with E-state index in [4.69, 9.17) is 23.6 Å². The Morgan fingerprint density at radius 2 is 1.00 bits per heavy atom. The van der Waals surface area contributed by atoms with E-state index in [2.05, 4.69) is 0 Å². The van der Waals surface area contributed by atoms with Crippen LogP contribution in [-0.2, 0) is 4.46 Å². The fraction of sp³-hybridized carbons (Fsp3) is 0. The van der Waals surface area contributed by atoms with Crippen molar-refractivity contribution >= 4 is 19.2 Å². The Morgan fingerprint density at radius 1 is 1.00 bits per heavy atom. The zero-order valence-corrected chi connectivity index (χ0v) is 5.70. The summed E-state index contributed by atoms with van der Waals surface area (Å²) in [7, 11) is -2.89. The molecule has 40 valence electrons. The van der Waals surface area contributed by atoms with Gasteiger partial charge in [-0.25, -0.2) is 0 Å². The molecular formula is CH4O5Si2+6. The van der Waals surface area contributed by atoms with Gasteiger partial charge in [0.15, 0.2) is 0 Å². The first-order valence-electron chi connectivity index (χ1n) is 1.10. The molecule has 7 heteroatoms. The first-order valence-corrected chi connectivity index (χ1v) is 3.30. The molecule has 0 spiro atoms. The van der Waals surface area contributed by atoms with Gasteiger partial charge >= 0.3 is 31.1 Å². The van der Waals surface area contributed by atoms with Gasteiger partial charge in [0, 0.05) is 0 Å². The van der Waals surface area contributed by atoms with Gasteiger partial charge in [0.1, 0.15) is 0 Å². The number of hydrogen-bond acceptors (Lipinski definition) is 5. The zero-order chi connectivity index (χ0) is 6.50. The minimum absolute atomic E-state index is 0. The Morgan fingerprint density at radius 3 is 1.00 bits per heavy atom. The van der Waals surface area contributed by atoms with E-state index in [0.29, 0.717) is 0 Å². The molecule has 0 aromatic rings. The van der Waals surface area contributed by atoms with Crippen molar-refractivity contribution in [1.82, 2.24) is 0 Å². The maximum Gasteiger partial charge on any atom is 4.00 e. The van der Waals surface area contributed by atoms with Crippen LogP contribution >= 0.6 is 0 Å². The summed E-state index contributed by atoms with van der Waals surface area (Å²) in [4.78, 5) is 29.3. The minimum Gasteiger partial charge on any atom is -0.368 e. The number of hydrogen-bond donors (Lipinski definition) is 4. The van der Waals surface area contributed by atoms with E-state index in [1.165, 1.54) is 0 Å². The molecule has 0 amide bonds. The van der Waals surface area contributed by atoms with Gasteiger partial charge < -0.3 is 19.2 Å². The molecule has 0 aromatic carbocycles. The summed E-state index contributed by atoms with van der Waals surface area (Å²) >= 11 is 0.